The molecule has 0 saturated carbocycles. The third kappa shape index (κ3) is 6.67. The Morgan fingerprint density at radius 3 is 2.50 bits per heavy atom. The fraction of sp³-hybridized carbons (Fsp3) is 0.304. The van der Waals surface area contributed by atoms with Crippen molar-refractivity contribution in [3.8, 4) is 11.3 Å². The van der Waals surface area contributed by atoms with E-state index in [0.29, 0.717) is 38.5 Å². The van der Waals surface area contributed by atoms with Gasteiger partial charge in [-0.15, -0.1) is 0 Å². The summed E-state index contributed by atoms with van der Waals surface area (Å²) in [5.41, 5.74) is 2.26. The lowest BCUT2D eigenvalue weighted by Crippen LogP contribution is -2.25. The maximum absolute atomic E-state index is 11.9. The molecular weight excluding hydrogens is 352 g/mol. The summed E-state index contributed by atoms with van der Waals surface area (Å²) in [7, 11) is 0. The summed E-state index contributed by atoms with van der Waals surface area (Å²) >= 11 is 0. The molecule has 3 aromatic rings. The highest BCUT2D eigenvalue weighted by Crippen LogP contribution is 2.20. The van der Waals surface area contributed by atoms with E-state index in [2.05, 4.69) is 22.4 Å². The number of nitrogens with one attached hydrogen (secondary N) is 1. The quantitative estimate of drug-likeness (QED) is 0.512. The number of hydrogen-bond donors (Lipinski definition) is 1. The molecule has 1 amide bonds. The summed E-state index contributed by atoms with van der Waals surface area (Å²) in [6.07, 6.45) is 4.28. The number of amides is 1. The molecule has 1 heterocycles. The molecule has 0 radical (unpaired) electrons. The fourth-order valence-corrected chi connectivity index (χ4v) is 2.81. The lowest BCUT2D eigenvalue weighted by atomic mass is 10.2. The van der Waals surface area contributed by atoms with Crippen LogP contribution in [0.1, 0.15) is 24.3 Å². The third-order valence-electron chi connectivity index (χ3n) is 4.34. The highest BCUT2D eigenvalue weighted by atomic mass is 16.5. The normalized spacial score (nSPS) is 10.7. The molecule has 0 aliphatic carbocycles. The molecule has 0 aliphatic heterocycles. The van der Waals surface area contributed by atoms with Gasteiger partial charge in [0.05, 0.1) is 12.8 Å². The number of rotatable bonds is 11. The van der Waals surface area contributed by atoms with Gasteiger partial charge in [-0.25, -0.2) is 4.98 Å². The largest absolute Gasteiger partial charge is 0.441 e. The zero-order valence-corrected chi connectivity index (χ0v) is 16.0. The van der Waals surface area contributed by atoms with Gasteiger partial charge >= 0.3 is 0 Å². The van der Waals surface area contributed by atoms with Gasteiger partial charge in [-0.05, 0) is 18.4 Å². The molecule has 146 valence electrons. The molecule has 1 aromatic heterocycles. The Morgan fingerprint density at radius 1 is 0.964 bits per heavy atom. The number of hydrogen-bond acceptors (Lipinski definition) is 4. The van der Waals surface area contributed by atoms with Crippen molar-refractivity contribution in [2.75, 3.05) is 19.8 Å². The van der Waals surface area contributed by atoms with Crippen LogP contribution in [0.3, 0.4) is 0 Å². The van der Waals surface area contributed by atoms with Crippen LogP contribution in [0.25, 0.3) is 11.3 Å². The average Bonchev–Trinajstić information content (AvgIpc) is 3.22. The number of aryl methyl sites for hydroxylation is 1. The van der Waals surface area contributed by atoms with Crippen molar-refractivity contribution in [3.05, 3.63) is 78.3 Å². The minimum absolute atomic E-state index is 0.00347. The van der Waals surface area contributed by atoms with Crippen LogP contribution < -0.4 is 5.32 Å². The van der Waals surface area contributed by atoms with E-state index >= 15 is 0 Å². The first-order chi connectivity index (χ1) is 13.8. The predicted octanol–water partition coefficient (Wildman–Crippen LogP) is 4.04. The van der Waals surface area contributed by atoms with Crippen LogP contribution in [0.5, 0.6) is 0 Å². The van der Waals surface area contributed by atoms with E-state index in [-0.39, 0.29) is 5.91 Å². The molecule has 0 aliphatic rings. The highest BCUT2D eigenvalue weighted by Gasteiger charge is 2.08. The number of ether oxygens (including phenoxy) is 1. The predicted molar refractivity (Wildman–Crippen MR) is 109 cm³/mol. The maximum Gasteiger partial charge on any atom is 0.220 e. The number of aromatic nitrogens is 1. The second kappa shape index (κ2) is 11.0. The molecule has 2 aromatic carbocycles. The van der Waals surface area contributed by atoms with Crippen molar-refractivity contribution in [1.29, 1.82) is 0 Å². The van der Waals surface area contributed by atoms with Gasteiger partial charge in [0.1, 0.15) is 0 Å². The van der Waals surface area contributed by atoms with E-state index in [1.54, 1.807) is 6.20 Å². The molecule has 0 atom stereocenters. The van der Waals surface area contributed by atoms with Crippen molar-refractivity contribution >= 4 is 5.91 Å². The van der Waals surface area contributed by atoms with Crippen molar-refractivity contribution in [2.45, 2.75) is 25.7 Å². The van der Waals surface area contributed by atoms with Gasteiger partial charge in [0.25, 0.3) is 0 Å². The Kier molecular flexibility index (Phi) is 7.82. The zero-order valence-electron chi connectivity index (χ0n) is 16.0. The maximum atomic E-state index is 11.9. The SMILES string of the molecule is O=C(CCc1ncc(-c2ccccc2)o1)NCCCOCCc1ccccc1. The van der Waals surface area contributed by atoms with Crippen LogP contribution in [0, 0.1) is 0 Å². The first-order valence-corrected chi connectivity index (χ1v) is 9.70. The van der Waals surface area contributed by atoms with Crippen LogP contribution in [0.4, 0.5) is 0 Å². The summed E-state index contributed by atoms with van der Waals surface area (Å²) in [6.45, 7) is 1.96. The molecule has 0 unspecified atom stereocenters. The van der Waals surface area contributed by atoms with Crippen LogP contribution >= 0.6 is 0 Å². The molecule has 0 saturated heterocycles. The molecule has 0 fully saturated rings. The molecular formula is C23H26N2O3. The number of nitrogens with zero attached hydrogens (tertiary/aromatic N) is 1. The van der Waals surface area contributed by atoms with E-state index in [1.165, 1.54) is 5.56 Å². The van der Waals surface area contributed by atoms with E-state index in [4.69, 9.17) is 9.15 Å². The van der Waals surface area contributed by atoms with E-state index in [1.807, 2.05) is 48.5 Å². The summed E-state index contributed by atoms with van der Waals surface area (Å²) < 4.78 is 11.3. The minimum Gasteiger partial charge on any atom is -0.441 e. The average molecular weight is 378 g/mol. The second-order valence-electron chi connectivity index (χ2n) is 6.54. The Morgan fingerprint density at radius 2 is 1.71 bits per heavy atom. The molecule has 1 N–H and O–H groups in total. The van der Waals surface area contributed by atoms with Crippen LogP contribution in [-0.4, -0.2) is 30.6 Å². The smallest absolute Gasteiger partial charge is 0.220 e. The van der Waals surface area contributed by atoms with E-state index in [9.17, 15) is 4.79 Å². The van der Waals surface area contributed by atoms with Gasteiger partial charge in [-0.2, -0.15) is 0 Å². The number of carbonyl (C=O) groups is 1. The molecule has 0 spiro atoms. The molecule has 0 bridgehead atoms. The Hall–Kier alpha value is -2.92. The van der Waals surface area contributed by atoms with Crippen LogP contribution in [0.2, 0.25) is 0 Å². The van der Waals surface area contributed by atoms with Gasteiger partial charge in [-0.1, -0.05) is 60.7 Å². The molecule has 28 heavy (non-hydrogen) atoms. The van der Waals surface area contributed by atoms with Gasteiger partial charge in [0.15, 0.2) is 11.7 Å². The van der Waals surface area contributed by atoms with Crippen molar-refractivity contribution < 1.29 is 13.9 Å². The molecule has 3 rings (SSSR count). The Bertz CT molecular complexity index is 831. The van der Waals surface area contributed by atoms with E-state index in [0.717, 1.165) is 24.2 Å². The fourth-order valence-electron chi connectivity index (χ4n) is 2.81. The van der Waals surface area contributed by atoms with Crippen LogP contribution in [-0.2, 0) is 22.4 Å². The second-order valence-corrected chi connectivity index (χ2v) is 6.54. The standard InChI is InChI=1S/C23H26N2O3/c26-22(24-15-7-16-27-17-14-19-8-3-1-4-9-19)12-13-23-25-18-21(28-23)20-10-5-2-6-11-20/h1-6,8-11,18H,7,12-17H2,(H,24,26). The van der Waals surface area contributed by atoms with Gasteiger partial charge in [-0.3, -0.25) is 4.79 Å². The first kappa shape index (κ1) is 19.8. The van der Waals surface area contributed by atoms with Gasteiger partial charge in [0, 0.05) is 31.6 Å². The number of benzene rings is 2. The summed E-state index contributed by atoms with van der Waals surface area (Å²) in [5.74, 6) is 1.31. The summed E-state index contributed by atoms with van der Waals surface area (Å²) in [5, 5.41) is 2.91. The Balaban J connectivity index is 1.25. The summed E-state index contributed by atoms with van der Waals surface area (Å²) in [4.78, 5) is 16.2. The topological polar surface area (TPSA) is 64.4 Å². The van der Waals surface area contributed by atoms with Crippen molar-refractivity contribution in [2.24, 2.45) is 0 Å². The molecule has 5 nitrogen and oxygen atoms in total. The molecule has 5 heteroatoms. The number of carbonyl (C=O) groups excluding carboxylic acids is 1. The zero-order chi connectivity index (χ0) is 19.4. The van der Waals surface area contributed by atoms with E-state index < -0.39 is 0 Å². The highest BCUT2D eigenvalue weighted by molar-refractivity contribution is 5.76. The first-order valence-electron chi connectivity index (χ1n) is 9.70. The Labute approximate surface area is 165 Å². The monoisotopic (exact) mass is 378 g/mol. The van der Waals surface area contributed by atoms with Crippen molar-refractivity contribution in [1.82, 2.24) is 10.3 Å². The van der Waals surface area contributed by atoms with Crippen molar-refractivity contribution in [3.63, 3.8) is 0 Å². The minimum atomic E-state index is 0.00347. The lowest BCUT2D eigenvalue weighted by Gasteiger charge is -2.06. The third-order valence-corrected chi connectivity index (χ3v) is 4.34. The van der Waals surface area contributed by atoms with Crippen LogP contribution in [0.15, 0.2) is 71.3 Å². The lowest BCUT2D eigenvalue weighted by molar-refractivity contribution is -0.121. The number of oxazole rings is 1. The van der Waals surface area contributed by atoms with Gasteiger partial charge < -0.3 is 14.5 Å². The van der Waals surface area contributed by atoms with Gasteiger partial charge in [0.2, 0.25) is 5.91 Å². The summed E-state index contributed by atoms with van der Waals surface area (Å²) in [6, 6.07) is 20.1.